The molecule has 0 radical (unpaired) electrons. The zero-order chi connectivity index (χ0) is 16.2. The standard InChI is InChI=1S/C19H20ClN3/c1-14(22-19-10-4-9-18(20)17(19)12-21)23-11-5-8-15-6-2-3-7-16(15)13-23/h2-4,6-7,9-10,12,21H,5,8,11,13H2,1H3. The molecular weight excluding hydrogens is 306 g/mol. The monoisotopic (exact) mass is 325 g/mol. The van der Waals surface area contributed by atoms with E-state index in [-0.39, 0.29) is 0 Å². The molecule has 0 atom stereocenters. The van der Waals surface area contributed by atoms with Gasteiger partial charge in [-0.1, -0.05) is 41.9 Å². The molecule has 3 nitrogen and oxygen atoms in total. The number of nitrogens with one attached hydrogen (secondary N) is 1. The second-order valence-electron chi connectivity index (χ2n) is 5.77. The molecule has 118 valence electrons. The smallest absolute Gasteiger partial charge is 0.102 e. The van der Waals surface area contributed by atoms with Crippen molar-refractivity contribution in [3.05, 3.63) is 64.2 Å². The van der Waals surface area contributed by atoms with Gasteiger partial charge in [0.15, 0.2) is 0 Å². The Morgan fingerprint density at radius 2 is 1.96 bits per heavy atom. The van der Waals surface area contributed by atoms with Gasteiger partial charge in [-0.3, -0.25) is 0 Å². The quantitative estimate of drug-likeness (QED) is 0.623. The Hall–Kier alpha value is -2.13. The molecule has 1 N–H and O–H groups in total. The first-order valence-electron chi connectivity index (χ1n) is 7.85. The highest BCUT2D eigenvalue weighted by Crippen LogP contribution is 2.26. The summed E-state index contributed by atoms with van der Waals surface area (Å²) in [5, 5.41) is 8.12. The number of benzene rings is 2. The molecule has 0 spiro atoms. The van der Waals surface area contributed by atoms with Crippen molar-refractivity contribution >= 4 is 29.3 Å². The van der Waals surface area contributed by atoms with E-state index in [1.54, 1.807) is 6.07 Å². The molecule has 0 unspecified atom stereocenters. The Kier molecular flexibility index (Phi) is 4.77. The van der Waals surface area contributed by atoms with Crippen molar-refractivity contribution in [2.75, 3.05) is 6.54 Å². The van der Waals surface area contributed by atoms with Gasteiger partial charge in [0.1, 0.15) is 5.84 Å². The van der Waals surface area contributed by atoms with E-state index >= 15 is 0 Å². The summed E-state index contributed by atoms with van der Waals surface area (Å²) in [6.07, 6.45) is 3.51. The molecule has 0 aliphatic carbocycles. The number of hydrogen-bond donors (Lipinski definition) is 1. The molecule has 1 heterocycles. The van der Waals surface area contributed by atoms with Gasteiger partial charge in [-0.2, -0.15) is 0 Å². The number of hydrogen-bond acceptors (Lipinski definition) is 2. The predicted octanol–water partition coefficient (Wildman–Crippen LogP) is 4.84. The zero-order valence-corrected chi connectivity index (χ0v) is 14.0. The molecule has 0 amide bonds. The summed E-state index contributed by atoms with van der Waals surface area (Å²) in [4.78, 5) is 7.04. The second kappa shape index (κ2) is 6.97. The number of halogens is 1. The Balaban J connectivity index is 1.90. The number of nitrogens with zero attached hydrogens (tertiary/aromatic N) is 2. The molecule has 4 heteroatoms. The average molecular weight is 326 g/mol. The first-order chi connectivity index (χ1) is 11.2. The first-order valence-corrected chi connectivity index (χ1v) is 8.23. The Morgan fingerprint density at radius 1 is 1.17 bits per heavy atom. The Morgan fingerprint density at radius 3 is 2.74 bits per heavy atom. The fourth-order valence-corrected chi connectivity index (χ4v) is 3.21. The molecule has 2 aromatic carbocycles. The third-order valence-corrected chi connectivity index (χ3v) is 4.60. The molecule has 0 saturated carbocycles. The van der Waals surface area contributed by atoms with E-state index in [1.807, 2.05) is 19.1 Å². The van der Waals surface area contributed by atoms with E-state index in [4.69, 9.17) is 22.0 Å². The molecule has 23 heavy (non-hydrogen) atoms. The molecule has 0 bridgehead atoms. The highest BCUT2D eigenvalue weighted by atomic mass is 35.5. The minimum absolute atomic E-state index is 0.565. The van der Waals surface area contributed by atoms with Crippen LogP contribution in [0.4, 0.5) is 5.69 Å². The molecule has 2 aromatic rings. The van der Waals surface area contributed by atoms with Crippen molar-refractivity contribution in [2.45, 2.75) is 26.3 Å². The van der Waals surface area contributed by atoms with Gasteiger partial charge in [-0.05, 0) is 43.0 Å². The lowest BCUT2D eigenvalue weighted by Gasteiger charge is -2.23. The van der Waals surface area contributed by atoms with Crippen LogP contribution >= 0.6 is 11.6 Å². The van der Waals surface area contributed by atoms with Crippen molar-refractivity contribution in [3.63, 3.8) is 0 Å². The second-order valence-corrected chi connectivity index (χ2v) is 6.18. The lowest BCUT2D eigenvalue weighted by atomic mass is 10.0. The van der Waals surface area contributed by atoms with Gasteiger partial charge in [0, 0.05) is 24.9 Å². The maximum Gasteiger partial charge on any atom is 0.102 e. The Bertz CT molecular complexity index is 752. The van der Waals surface area contributed by atoms with E-state index < -0.39 is 0 Å². The maximum atomic E-state index is 7.55. The number of fused-ring (bicyclic) bond motifs is 1. The van der Waals surface area contributed by atoms with E-state index in [0.29, 0.717) is 10.6 Å². The van der Waals surface area contributed by atoms with Gasteiger partial charge in [0.05, 0.1) is 10.7 Å². The zero-order valence-electron chi connectivity index (χ0n) is 13.2. The highest BCUT2D eigenvalue weighted by molar-refractivity contribution is 6.33. The van der Waals surface area contributed by atoms with Crippen LogP contribution in [0.3, 0.4) is 0 Å². The molecule has 3 rings (SSSR count). The van der Waals surface area contributed by atoms with Crippen LogP contribution in [0, 0.1) is 5.41 Å². The summed E-state index contributed by atoms with van der Waals surface area (Å²) < 4.78 is 0. The van der Waals surface area contributed by atoms with E-state index in [1.165, 1.54) is 17.3 Å². The van der Waals surface area contributed by atoms with Crippen molar-refractivity contribution in [1.29, 1.82) is 5.41 Å². The molecular formula is C19H20ClN3. The summed E-state index contributed by atoms with van der Waals surface area (Å²) in [5.41, 5.74) is 4.23. The van der Waals surface area contributed by atoms with Crippen molar-refractivity contribution in [3.8, 4) is 0 Å². The van der Waals surface area contributed by atoms with Gasteiger partial charge < -0.3 is 10.3 Å². The van der Waals surface area contributed by atoms with Gasteiger partial charge in [0.25, 0.3) is 0 Å². The fraction of sp³-hybridized carbons (Fsp3) is 0.263. The maximum absolute atomic E-state index is 7.55. The van der Waals surface area contributed by atoms with Crippen LogP contribution in [0.2, 0.25) is 5.02 Å². The first kappa shape index (κ1) is 15.8. The van der Waals surface area contributed by atoms with Crippen LogP contribution in [0.5, 0.6) is 0 Å². The van der Waals surface area contributed by atoms with Crippen molar-refractivity contribution < 1.29 is 0 Å². The number of amidine groups is 1. The molecule has 0 fully saturated rings. The van der Waals surface area contributed by atoms with Gasteiger partial charge in [-0.15, -0.1) is 0 Å². The van der Waals surface area contributed by atoms with Crippen molar-refractivity contribution in [2.24, 2.45) is 4.99 Å². The van der Waals surface area contributed by atoms with Crippen LogP contribution in [-0.2, 0) is 13.0 Å². The third kappa shape index (κ3) is 3.45. The minimum Gasteiger partial charge on any atom is -0.356 e. The minimum atomic E-state index is 0.565. The van der Waals surface area contributed by atoms with Gasteiger partial charge in [-0.25, -0.2) is 4.99 Å². The normalized spacial score (nSPS) is 15.0. The van der Waals surface area contributed by atoms with Gasteiger partial charge >= 0.3 is 0 Å². The lowest BCUT2D eigenvalue weighted by Crippen LogP contribution is -2.28. The molecule has 1 aliphatic heterocycles. The van der Waals surface area contributed by atoms with Crippen LogP contribution in [0.25, 0.3) is 0 Å². The van der Waals surface area contributed by atoms with E-state index in [0.717, 1.165) is 37.5 Å². The van der Waals surface area contributed by atoms with Crippen LogP contribution < -0.4 is 0 Å². The van der Waals surface area contributed by atoms with Crippen molar-refractivity contribution in [1.82, 2.24) is 4.90 Å². The summed E-state index contributed by atoms with van der Waals surface area (Å²) in [6.45, 7) is 3.90. The number of aliphatic imine (C=N–C) groups is 1. The average Bonchev–Trinajstić information content (AvgIpc) is 2.77. The topological polar surface area (TPSA) is 39.5 Å². The van der Waals surface area contributed by atoms with Crippen LogP contribution in [0.15, 0.2) is 47.5 Å². The molecule has 1 aliphatic rings. The third-order valence-electron chi connectivity index (χ3n) is 4.27. The van der Waals surface area contributed by atoms with Crippen LogP contribution in [0.1, 0.15) is 30.0 Å². The predicted molar refractivity (Wildman–Crippen MR) is 97.3 cm³/mol. The summed E-state index contributed by atoms with van der Waals surface area (Å²) in [7, 11) is 0. The summed E-state index contributed by atoms with van der Waals surface area (Å²) in [5.74, 6) is 0.965. The SMILES string of the molecule is CC(=Nc1cccc(Cl)c1C=N)N1CCCc2ccccc2C1. The Labute approximate surface area is 142 Å². The summed E-state index contributed by atoms with van der Waals surface area (Å²) in [6, 6.07) is 14.2. The number of aryl methyl sites for hydroxylation is 1. The molecule has 0 saturated heterocycles. The van der Waals surface area contributed by atoms with Gasteiger partial charge in [0.2, 0.25) is 0 Å². The number of rotatable bonds is 2. The van der Waals surface area contributed by atoms with E-state index in [2.05, 4.69) is 29.2 Å². The van der Waals surface area contributed by atoms with Crippen LogP contribution in [-0.4, -0.2) is 23.5 Å². The summed E-state index contributed by atoms with van der Waals surface area (Å²) >= 11 is 6.16. The molecule has 0 aromatic heterocycles. The lowest BCUT2D eigenvalue weighted by molar-refractivity contribution is 0.415. The fourth-order valence-electron chi connectivity index (χ4n) is 2.99. The highest BCUT2D eigenvalue weighted by Gasteiger charge is 2.15. The van der Waals surface area contributed by atoms with E-state index in [9.17, 15) is 0 Å². The largest absolute Gasteiger partial charge is 0.356 e.